The van der Waals surface area contributed by atoms with Crippen LogP contribution in [0.5, 0.6) is 17.2 Å². The molecule has 172 valence electrons. The highest BCUT2D eigenvalue weighted by atomic mass is 16.6. The highest BCUT2D eigenvalue weighted by Gasteiger charge is 2.22. The van der Waals surface area contributed by atoms with Crippen molar-refractivity contribution in [1.29, 1.82) is 0 Å². The van der Waals surface area contributed by atoms with Crippen molar-refractivity contribution in [3.05, 3.63) is 80.7 Å². The van der Waals surface area contributed by atoms with Gasteiger partial charge >= 0.3 is 5.69 Å². The van der Waals surface area contributed by atoms with E-state index in [1.165, 1.54) is 20.3 Å². The van der Waals surface area contributed by atoms with E-state index in [1.807, 2.05) is 12.1 Å². The van der Waals surface area contributed by atoms with E-state index in [0.29, 0.717) is 34.2 Å². The van der Waals surface area contributed by atoms with E-state index < -0.39 is 4.92 Å². The number of allylic oxidation sites excluding steroid dienone is 1. The Balaban J connectivity index is 1.87. The number of ether oxygens (including phenoxy) is 3. The maximum absolute atomic E-state index is 12.6. The summed E-state index contributed by atoms with van der Waals surface area (Å²) in [7, 11) is 4.60. The molecule has 0 atom stereocenters. The molecule has 0 aliphatic carbocycles. The summed E-state index contributed by atoms with van der Waals surface area (Å²) >= 11 is 0. The lowest BCUT2D eigenvalue weighted by Gasteiger charge is -2.11. The molecule has 9 nitrogen and oxygen atoms in total. The van der Waals surface area contributed by atoms with Crippen LogP contribution in [-0.2, 0) is 6.54 Å². The highest BCUT2D eigenvalue weighted by Crippen LogP contribution is 2.29. The van der Waals surface area contributed by atoms with Crippen molar-refractivity contribution in [2.45, 2.75) is 20.4 Å². The van der Waals surface area contributed by atoms with Crippen LogP contribution in [-0.4, -0.2) is 41.8 Å². The number of hydrogen-bond acceptors (Lipinski definition) is 7. The lowest BCUT2D eigenvalue weighted by atomic mass is 10.1. The SMILES string of the molecule is COc1ccc(/C=C/C(=O)c2ccc(OC)c(OC)c2)cc1Cn1nc(C)c([N+](=O)[O-])c1C. The van der Waals surface area contributed by atoms with Crippen molar-refractivity contribution in [2.24, 2.45) is 0 Å². The van der Waals surface area contributed by atoms with Crippen molar-refractivity contribution in [1.82, 2.24) is 9.78 Å². The number of aryl methyl sites for hydroxylation is 1. The average molecular weight is 451 g/mol. The number of aromatic nitrogens is 2. The van der Waals surface area contributed by atoms with Crippen LogP contribution in [0.1, 0.15) is 32.9 Å². The fourth-order valence-corrected chi connectivity index (χ4v) is 3.55. The summed E-state index contributed by atoms with van der Waals surface area (Å²) in [5, 5.41) is 15.6. The maximum atomic E-state index is 12.6. The van der Waals surface area contributed by atoms with Gasteiger partial charge in [0.2, 0.25) is 0 Å². The first-order valence-electron chi connectivity index (χ1n) is 10.1. The molecule has 1 aromatic heterocycles. The molecule has 3 rings (SSSR count). The number of nitro groups is 1. The van der Waals surface area contributed by atoms with Gasteiger partial charge in [0.15, 0.2) is 17.3 Å². The summed E-state index contributed by atoms with van der Waals surface area (Å²) in [6, 6.07) is 10.4. The third-order valence-corrected chi connectivity index (χ3v) is 5.25. The normalized spacial score (nSPS) is 10.9. The first-order chi connectivity index (χ1) is 15.8. The van der Waals surface area contributed by atoms with Crippen LogP contribution in [0.3, 0.4) is 0 Å². The van der Waals surface area contributed by atoms with Crippen molar-refractivity contribution < 1.29 is 23.9 Å². The topological polar surface area (TPSA) is 106 Å². The van der Waals surface area contributed by atoms with Gasteiger partial charge in [0.25, 0.3) is 0 Å². The number of hydrogen-bond donors (Lipinski definition) is 0. The molecule has 2 aromatic carbocycles. The average Bonchev–Trinajstić information content (AvgIpc) is 3.09. The lowest BCUT2D eigenvalue weighted by molar-refractivity contribution is -0.386. The minimum atomic E-state index is -0.426. The van der Waals surface area contributed by atoms with Gasteiger partial charge in [-0.3, -0.25) is 19.6 Å². The molecule has 3 aromatic rings. The molecule has 0 spiro atoms. The van der Waals surface area contributed by atoms with Crippen molar-refractivity contribution in [3.8, 4) is 17.2 Å². The van der Waals surface area contributed by atoms with Gasteiger partial charge in [-0.1, -0.05) is 12.1 Å². The van der Waals surface area contributed by atoms with Crippen molar-refractivity contribution >= 4 is 17.5 Å². The van der Waals surface area contributed by atoms with E-state index in [-0.39, 0.29) is 18.0 Å². The molecule has 1 heterocycles. The van der Waals surface area contributed by atoms with E-state index in [2.05, 4.69) is 5.10 Å². The molecule has 9 heteroatoms. The zero-order valence-corrected chi connectivity index (χ0v) is 19.1. The fourth-order valence-electron chi connectivity index (χ4n) is 3.55. The quantitative estimate of drug-likeness (QED) is 0.206. The summed E-state index contributed by atoms with van der Waals surface area (Å²) in [5.41, 5.74) is 2.84. The number of ketones is 1. The van der Waals surface area contributed by atoms with Crippen LogP contribution in [0.25, 0.3) is 6.08 Å². The Kier molecular flexibility index (Phi) is 7.12. The molecule has 0 saturated carbocycles. The van der Waals surface area contributed by atoms with Gasteiger partial charge < -0.3 is 14.2 Å². The third kappa shape index (κ3) is 5.03. The van der Waals surface area contributed by atoms with Crippen molar-refractivity contribution in [3.63, 3.8) is 0 Å². The first kappa shape index (κ1) is 23.5. The first-order valence-corrected chi connectivity index (χ1v) is 10.1. The van der Waals surface area contributed by atoms with Gasteiger partial charge in [0.05, 0.1) is 32.8 Å². The van der Waals surface area contributed by atoms with Gasteiger partial charge in [-0.25, -0.2) is 0 Å². The van der Waals surface area contributed by atoms with Crippen LogP contribution in [0.15, 0.2) is 42.5 Å². The van der Waals surface area contributed by atoms with Gasteiger partial charge in [-0.15, -0.1) is 0 Å². The molecule has 0 saturated heterocycles. The number of carbonyl (C=O) groups is 1. The second-order valence-corrected chi connectivity index (χ2v) is 7.27. The summed E-state index contributed by atoms with van der Waals surface area (Å²) in [5.74, 6) is 1.45. The van der Waals surface area contributed by atoms with E-state index in [9.17, 15) is 14.9 Å². The Morgan fingerprint density at radius 3 is 2.30 bits per heavy atom. The molecule has 0 fully saturated rings. The van der Waals surface area contributed by atoms with Crippen LogP contribution >= 0.6 is 0 Å². The molecule has 0 aliphatic heterocycles. The van der Waals surface area contributed by atoms with Crippen molar-refractivity contribution in [2.75, 3.05) is 21.3 Å². The Hall–Kier alpha value is -4.14. The zero-order valence-electron chi connectivity index (χ0n) is 19.1. The number of benzene rings is 2. The summed E-state index contributed by atoms with van der Waals surface area (Å²) in [6.07, 6.45) is 3.17. The van der Waals surface area contributed by atoms with Crippen LogP contribution < -0.4 is 14.2 Å². The standard InChI is InChI=1S/C24H25N3O6/c1-15-24(27(29)30)16(2)26(25-15)14-19-12-17(7-10-21(19)31-3)6-9-20(28)18-8-11-22(32-4)23(13-18)33-5/h6-13H,14H2,1-5H3/b9-6+. The molecule has 0 amide bonds. The lowest BCUT2D eigenvalue weighted by Crippen LogP contribution is -2.06. The van der Waals surface area contributed by atoms with Gasteiger partial charge in [-0.05, 0) is 55.8 Å². The second kappa shape index (κ2) is 9.99. The molecule has 0 bridgehead atoms. The smallest absolute Gasteiger partial charge is 0.312 e. The van der Waals surface area contributed by atoms with E-state index in [0.717, 1.165) is 11.1 Å². The number of methoxy groups -OCH3 is 3. The highest BCUT2D eigenvalue weighted by molar-refractivity contribution is 6.07. The number of nitrogens with zero attached hydrogens (tertiary/aromatic N) is 3. The Bertz CT molecular complexity index is 1230. The molecular weight excluding hydrogens is 426 g/mol. The van der Waals surface area contributed by atoms with Gasteiger partial charge in [0.1, 0.15) is 17.1 Å². The minimum Gasteiger partial charge on any atom is -0.496 e. The minimum absolute atomic E-state index is 0.00512. The predicted molar refractivity (Wildman–Crippen MR) is 123 cm³/mol. The predicted octanol–water partition coefficient (Wildman–Crippen LogP) is 4.38. The van der Waals surface area contributed by atoms with Crippen LogP contribution in [0, 0.1) is 24.0 Å². The summed E-state index contributed by atoms with van der Waals surface area (Å²) in [4.78, 5) is 23.5. The van der Waals surface area contributed by atoms with Gasteiger partial charge in [0, 0.05) is 11.1 Å². The Morgan fingerprint density at radius 2 is 1.70 bits per heavy atom. The summed E-state index contributed by atoms with van der Waals surface area (Å²) < 4.78 is 17.5. The van der Waals surface area contributed by atoms with Crippen LogP contribution in [0.4, 0.5) is 5.69 Å². The third-order valence-electron chi connectivity index (χ3n) is 5.25. The Morgan fingerprint density at radius 1 is 1.03 bits per heavy atom. The molecule has 0 unspecified atom stereocenters. The maximum Gasteiger partial charge on any atom is 0.312 e. The zero-order chi connectivity index (χ0) is 24.1. The number of rotatable bonds is 9. The molecule has 0 aliphatic rings. The molecular formula is C24H25N3O6. The number of carbonyl (C=O) groups excluding carboxylic acids is 1. The fraction of sp³-hybridized carbons (Fsp3) is 0.250. The van der Waals surface area contributed by atoms with Gasteiger partial charge in [-0.2, -0.15) is 5.10 Å². The van der Waals surface area contributed by atoms with E-state index in [4.69, 9.17) is 14.2 Å². The summed E-state index contributed by atoms with van der Waals surface area (Å²) in [6.45, 7) is 3.56. The molecule has 0 N–H and O–H groups in total. The van der Waals surface area contributed by atoms with E-state index in [1.54, 1.807) is 56.0 Å². The van der Waals surface area contributed by atoms with Crippen LogP contribution in [0.2, 0.25) is 0 Å². The van der Waals surface area contributed by atoms with E-state index >= 15 is 0 Å². The largest absolute Gasteiger partial charge is 0.496 e. The molecule has 0 radical (unpaired) electrons. The Labute approximate surface area is 191 Å². The molecule has 33 heavy (non-hydrogen) atoms. The monoisotopic (exact) mass is 451 g/mol. The second-order valence-electron chi connectivity index (χ2n) is 7.27.